The second kappa shape index (κ2) is 7.06. The highest BCUT2D eigenvalue weighted by atomic mass is 32.2. The van der Waals surface area contributed by atoms with Crippen LogP contribution >= 0.6 is 11.8 Å². The minimum Gasteiger partial charge on any atom is -0.504 e. The highest BCUT2D eigenvalue weighted by molar-refractivity contribution is 7.98. The van der Waals surface area contributed by atoms with E-state index in [1.807, 2.05) is 6.26 Å². The van der Waals surface area contributed by atoms with E-state index in [1.54, 1.807) is 23.9 Å². The Morgan fingerprint density at radius 1 is 1.53 bits per heavy atom. The predicted octanol–water partition coefficient (Wildman–Crippen LogP) is 1.88. The van der Waals surface area contributed by atoms with Gasteiger partial charge in [-0.15, -0.1) is 0 Å². The number of aromatic hydroxyl groups is 1. The first-order valence-electron chi connectivity index (χ1n) is 5.33. The molecule has 0 unspecified atom stereocenters. The summed E-state index contributed by atoms with van der Waals surface area (Å²) in [7, 11) is 1.47. The first kappa shape index (κ1) is 13.7. The van der Waals surface area contributed by atoms with Crippen LogP contribution < -0.4 is 10.1 Å². The smallest absolute Gasteiger partial charge is 0.251 e. The van der Waals surface area contributed by atoms with Crippen LogP contribution in [-0.2, 0) is 0 Å². The Kier molecular flexibility index (Phi) is 5.69. The van der Waals surface area contributed by atoms with E-state index in [9.17, 15) is 9.90 Å². The molecule has 4 nitrogen and oxygen atoms in total. The van der Waals surface area contributed by atoms with E-state index in [1.165, 1.54) is 13.2 Å². The van der Waals surface area contributed by atoms with E-state index in [2.05, 4.69) is 5.32 Å². The molecule has 0 aliphatic carbocycles. The highest BCUT2D eigenvalue weighted by Gasteiger charge is 2.08. The van der Waals surface area contributed by atoms with Crippen molar-refractivity contribution in [1.29, 1.82) is 0 Å². The Labute approximate surface area is 105 Å². The summed E-state index contributed by atoms with van der Waals surface area (Å²) in [5.41, 5.74) is 0.437. The zero-order valence-electron chi connectivity index (χ0n) is 10.0. The number of phenols is 1. The molecule has 0 saturated heterocycles. The van der Waals surface area contributed by atoms with Gasteiger partial charge in [0.2, 0.25) is 0 Å². The molecule has 0 saturated carbocycles. The van der Waals surface area contributed by atoms with Gasteiger partial charge in [0.1, 0.15) is 0 Å². The number of carbonyl (C=O) groups is 1. The second-order valence-electron chi connectivity index (χ2n) is 3.49. The van der Waals surface area contributed by atoms with Crippen molar-refractivity contribution >= 4 is 17.7 Å². The second-order valence-corrected chi connectivity index (χ2v) is 4.47. The number of phenolic OH excluding ortho intramolecular Hbond substituents is 1. The van der Waals surface area contributed by atoms with Crippen LogP contribution in [0.4, 0.5) is 0 Å². The third-order valence-electron chi connectivity index (χ3n) is 2.25. The van der Waals surface area contributed by atoms with Crippen LogP contribution in [0.25, 0.3) is 0 Å². The van der Waals surface area contributed by atoms with Crippen LogP contribution in [0.3, 0.4) is 0 Å². The number of hydrogen-bond acceptors (Lipinski definition) is 4. The minimum absolute atomic E-state index is 0.0238. The van der Waals surface area contributed by atoms with Crippen LogP contribution in [0.2, 0.25) is 0 Å². The zero-order valence-corrected chi connectivity index (χ0v) is 10.8. The van der Waals surface area contributed by atoms with Crippen LogP contribution in [0, 0.1) is 0 Å². The van der Waals surface area contributed by atoms with Gasteiger partial charge in [0.15, 0.2) is 11.5 Å². The molecule has 94 valence electrons. The molecule has 5 heteroatoms. The first-order valence-corrected chi connectivity index (χ1v) is 6.72. The van der Waals surface area contributed by atoms with Gasteiger partial charge in [0.25, 0.3) is 5.91 Å². The fourth-order valence-corrected chi connectivity index (χ4v) is 1.78. The molecule has 0 atom stereocenters. The number of nitrogens with one attached hydrogen (secondary N) is 1. The van der Waals surface area contributed by atoms with E-state index in [4.69, 9.17) is 4.74 Å². The molecule has 0 heterocycles. The van der Waals surface area contributed by atoms with Crippen molar-refractivity contribution < 1.29 is 14.6 Å². The summed E-state index contributed by atoms with van der Waals surface area (Å²) in [6.07, 6.45) is 2.97. The number of thioether (sulfide) groups is 1. The number of hydrogen-bond donors (Lipinski definition) is 2. The molecular weight excluding hydrogens is 238 g/mol. The molecular formula is C12H17NO3S. The third-order valence-corrected chi connectivity index (χ3v) is 2.95. The molecule has 2 N–H and O–H groups in total. The Hall–Kier alpha value is -1.36. The van der Waals surface area contributed by atoms with Gasteiger partial charge < -0.3 is 15.2 Å². The van der Waals surface area contributed by atoms with Crippen molar-refractivity contribution in [3.8, 4) is 11.5 Å². The van der Waals surface area contributed by atoms with Crippen LogP contribution in [0.5, 0.6) is 11.5 Å². The van der Waals surface area contributed by atoms with Gasteiger partial charge in [0, 0.05) is 12.1 Å². The summed E-state index contributed by atoms with van der Waals surface area (Å²) in [5, 5.41) is 12.3. The molecule has 1 rings (SSSR count). The maximum atomic E-state index is 11.7. The molecule has 1 amide bonds. The van der Waals surface area contributed by atoms with Crippen molar-refractivity contribution in [1.82, 2.24) is 5.32 Å². The number of benzene rings is 1. The van der Waals surface area contributed by atoms with E-state index in [0.717, 1.165) is 12.2 Å². The maximum Gasteiger partial charge on any atom is 0.251 e. The Morgan fingerprint density at radius 3 is 2.88 bits per heavy atom. The summed E-state index contributed by atoms with van der Waals surface area (Å²) in [4.78, 5) is 11.7. The number of methoxy groups -OCH3 is 1. The fraction of sp³-hybridized carbons (Fsp3) is 0.417. The quantitative estimate of drug-likeness (QED) is 0.762. The minimum atomic E-state index is -0.177. The molecule has 1 aromatic carbocycles. The standard InChI is InChI=1S/C12H17NO3S/c1-16-11-5-4-9(8-10(11)14)12(15)13-6-3-7-17-2/h4-5,8,14H,3,6-7H2,1-2H3,(H,13,15). The topological polar surface area (TPSA) is 58.6 Å². The highest BCUT2D eigenvalue weighted by Crippen LogP contribution is 2.25. The van der Waals surface area contributed by atoms with E-state index < -0.39 is 0 Å². The summed E-state index contributed by atoms with van der Waals surface area (Å²) >= 11 is 1.75. The lowest BCUT2D eigenvalue weighted by molar-refractivity contribution is 0.0953. The van der Waals surface area contributed by atoms with Crippen molar-refractivity contribution in [2.24, 2.45) is 0 Å². The number of amides is 1. The monoisotopic (exact) mass is 255 g/mol. The SMILES string of the molecule is COc1ccc(C(=O)NCCCSC)cc1O. The van der Waals surface area contributed by atoms with Crippen molar-refractivity contribution in [2.45, 2.75) is 6.42 Å². The summed E-state index contributed by atoms with van der Waals surface area (Å²) < 4.78 is 4.91. The average Bonchev–Trinajstić information content (AvgIpc) is 2.34. The molecule has 0 bridgehead atoms. The van der Waals surface area contributed by atoms with Crippen molar-refractivity contribution in [3.05, 3.63) is 23.8 Å². The van der Waals surface area contributed by atoms with Crippen LogP contribution in [-0.4, -0.2) is 36.7 Å². The average molecular weight is 255 g/mol. The number of ether oxygens (including phenoxy) is 1. The van der Waals surface area contributed by atoms with Crippen LogP contribution in [0.1, 0.15) is 16.8 Å². The molecule has 17 heavy (non-hydrogen) atoms. The van der Waals surface area contributed by atoms with Gasteiger partial charge in [-0.25, -0.2) is 0 Å². The van der Waals surface area contributed by atoms with Gasteiger partial charge in [-0.05, 0) is 36.6 Å². The van der Waals surface area contributed by atoms with Gasteiger partial charge in [0.05, 0.1) is 7.11 Å². The maximum absolute atomic E-state index is 11.7. The molecule has 0 spiro atoms. The van der Waals surface area contributed by atoms with E-state index >= 15 is 0 Å². The largest absolute Gasteiger partial charge is 0.504 e. The van der Waals surface area contributed by atoms with E-state index in [-0.39, 0.29) is 11.7 Å². The van der Waals surface area contributed by atoms with Gasteiger partial charge in [-0.2, -0.15) is 11.8 Å². The normalized spacial score (nSPS) is 10.0. The van der Waals surface area contributed by atoms with E-state index in [0.29, 0.717) is 17.9 Å². The summed E-state index contributed by atoms with van der Waals surface area (Å²) in [6, 6.07) is 4.61. The lowest BCUT2D eigenvalue weighted by Gasteiger charge is -2.07. The lowest BCUT2D eigenvalue weighted by Crippen LogP contribution is -2.24. The summed E-state index contributed by atoms with van der Waals surface area (Å²) in [5.74, 6) is 1.19. The Morgan fingerprint density at radius 2 is 2.29 bits per heavy atom. The Bertz CT molecular complexity index is 382. The van der Waals surface area contributed by atoms with Gasteiger partial charge in [-0.3, -0.25) is 4.79 Å². The predicted molar refractivity (Wildman–Crippen MR) is 70.0 cm³/mol. The van der Waals surface area contributed by atoms with Gasteiger partial charge >= 0.3 is 0 Å². The number of carbonyl (C=O) groups excluding carboxylic acids is 1. The molecule has 0 fully saturated rings. The van der Waals surface area contributed by atoms with Crippen molar-refractivity contribution in [3.63, 3.8) is 0 Å². The molecule has 0 radical (unpaired) electrons. The number of rotatable bonds is 6. The van der Waals surface area contributed by atoms with Gasteiger partial charge in [-0.1, -0.05) is 0 Å². The van der Waals surface area contributed by atoms with Crippen LogP contribution in [0.15, 0.2) is 18.2 Å². The Balaban J connectivity index is 2.54. The molecule has 0 aliphatic rings. The first-order chi connectivity index (χ1) is 8.19. The third kappa shape index (κ3) is 4.19. The summed E-state index contributed by atoms with van der Waals surface area (Å²) in [6.45, 7) is 0.645. The lowest BCUT2D eigenvalue weighted by atomic mass is 10.2. The zero-order chi connectivity index (χ0) is 12.7. The van der Waals surface area contributed by atoms with Crippen molar-refractivity contribution in [2.75, 3.05) is 25.7 Å². The molecule has 1 aromatic rings. The molecule has 0 aliphatic heterocycles. The molecule has 0 aromatic heterocycles. The fourth-order valence-electron chi connectivity index (χ4n) is 1.35.